The van der Waals surface area contributed by atoms with E-state index in [0.717, 1.165) is 33.6 Å². The molecule has 1 aliphatic rings. The minimum atomic E-state index is -0.639. The summed E-state index contributed by atoms with van der Waals surface area (Å²) < 4.78 is 20.4. The summed E-state index contributed by atoms with van der Waals surface area (Å²) in [6, 6.07) is 6.28. The first-order chi connectivity index (χ1) is 14.1. The Morgan fingerprint density at radius 2 is 1.97 bits per heavy atom. The molecular formula is C21H20ClFN2O4S. The SMILES string of the molecule is Cc1cc(/C=C2/SC(=O)N(CC(=O)OC(C)C)C2=O)c(C)n1-c1ccc(F)c(Cl)c1. The molecule has 158 valence electrons. The van der Waals surface area contributed by atoms with Gasteiger partial charge in [0.05, 0.1) is 16.0 Å². The molecule has 0 bridgehead atoms. The smallest absolute Gasteiger partial charge is 0.326 e. The van der Waals surface area contributed by atoms with E-state index in [1.807, 2.05) is 24.5 Å². The molecule has 2 amide bonds. The molecule has 2 aromatic rings. The third-order valence-electron chi connectivity index (χ3n) is 4.45. The van der Waals surface area contributed by atoms with Gasteiger partial charge >= 0.3 is 5.97 Å². The number of hydrogen-bond donors (Lipinski definition) is 0. The standard InChI is InChI=1S/C21H20ClFN2O4S/c1-11(2)29-19(26)10-24-20(27)18(30-21(24)28)8-14-7-12(3)25(13(14)4)15-5-6-17(23)16(22)9-15/h5-9,11H,10H2,1-4H3/b18-8+. The number of aryl methyl sites for hydroxylation is 1. The summed E-state index contributed by atoms with van der Waals surface area (Å²) in [5.74, 6) is -1.69. The van der Waals surface area contributed by atoms with Gasteiger partial charge in [-0.25, -0.2) is 4.39 Å². The van der Waals surface area contributed by atoms with Crippen LogP contribution in [0, 0.1) is 19.7 Å². The van der Waals surface area contributed by atoms with Crippen molar-refractivity contribution in [2.45, 2.75) is 33.8 Å². The van der Waals surface area contributed by atoms with Crippen molar-refractivity contribution in [3.63, 3.8) is 0 Å². The van der Waals surface area contributed by atoms with Gasteiger partial charge in [-0.2, -0.15) is 0 Å². The van der Waals surface area contributed by atoms with Crippen LogP contribution in [-0.4, -0.2) is 39.2 Å². The number of carbonyl (C=O) groups excluding carboxylic acids is 3. The summed E-state index contributed by atoms with van der Waals surface area (Å²) in [4.78, 5) is 37.8. The predicted molar refractivity (Wildman–Crippen MR) is 114 cm³/mol. The third kappa shape index (κ3) is 4.44. The van der Waals surface area contributed by atoms with Crippen LogP contribution in [0.3, 0.4) is 0 Å². The van der Waals surface area contributed by atoms with Gasteiger partial charge in [0.25, 0.3) is 11.1 Å². The lowest BCUT2D eigenvalue weighted by Gasteiger charge is -2.13. The average Bonchev–Trinajstić information content (AvgIpc) is 3.07. The fraction of sp³-hybridized carbons (Fsp3) is 0.286. The number of ether oxygens (including phenoxy) is 1. The lowest BCUT2D eigenvalue weighted by atomic mass is 10.2. The zero-order chi connectivity index (χ0) is 22.2. The zero-order valence-corrected chi connectivity index (χ0v) is 18.4. The molecule has 1 saturated heterocycles. The molecule has 0 spiro atoms. The number of benzene rings is 1. The second-order valence-corrected chi connectivity index (χ2v) is 8.47. The van der Waals surface area contributed by atoms with Crippen molar-refractivity contribution in [3.05, 3.63) is 57.0 Å². The van der Waals surface area contributed by atoms with E-state index in [9.17, 15) is 18.8 Å². The van der Waals surface area contributed by atoms with Crippen molar-refractivity contribution in [1.82, 2.24) is 9.47 Å². The molecule has 1 fully saturated rings. The molecule has 9 heteroatoms. The number of nitrogens with zero attached hydrogens (tertiary/aromatic N) is 2. The van der Waals surface area contributed by atoms with Gasteiger partial charge in [0, 0.05) is 17.1 Å². The van der Waals surface area contributed by atoms with Gasteiger partial charge in [0.15, 0.2) is 0 Å². The average molecular weight is 451 g/mol. The molecular weight excluding hydrogens is 431 g/mol. The molecule has 0 radical (unpaired) electrons. The maximum atomic E-state index is 13.5. The van der Waals surface area contributed by atoms with Gasteiger partial charge in [0.2, 0.25) is 0 Å². The van der Waals surface area contributed by atoms with Crippen LogP contribution in [0.15, 0.2) is 29.2 Å². The van der Waals surface area contributed by atoms with Crippen molar-refractivity contribution >= 4 is 46.6 Å². The van der Waals surface area contributed by atoms with Crippen LogP contribution in [0.1, 0.15) is 30.8 Å². The third-order valence-corrected chi connectivity index (χ3v) is 5.64. The van der Waals surface area contributed by atoms with Crippen LogP contribution in [0.25, 0.3) is 11.8 Å². The highest BCUT2D eigenvalue weighted by Gasteiger charge is 2.37. The lowest BCUT2D eigenvalue weighted by molar-refractivity contribution is -0.149. The Morgan fingerprint density at radius 3 is 2.60 bits per heavy atom. The first kappa shape index (κ1) is 22.1. The maximum absolute atomic E-state index is 13.5. The van der Waals surface area contributed by atoms with E-state index >= 15 is 0 Å². The van der Waals surface area contributed by atoms with Crippen molar-refractivity contribution in [1.29, 1.82) is 0 Å². The van der Waals surface area contributed by atoms with Gasteiger partial charge in [-0.3, -0.25) is 19.3 Å². The Hall–Kier alpha value is -2.58. The molecule has 1 aromatic carbocycles. The Kier molecular flexibility index (Phi) is 6.38. The molecule has 1 aromatic heterocycles. The van der Waals surface area contributed by atoms with E-state index in [4.69, 9.17) is 16.3 Å². The molecule has 0 aliphatic carbocycles. The summed E-state index contributed by atoms with van der Waals surface area (Å²) in [6.45, 7) is 6.67. The van der Waals surface area contributed by atoms with Crippen LogP contribution in [-0.2, 0) is 14.3 Å². The number of imide groups is 1. The van der Waals surface area contributed by atoms with Crippen LogP contribution in [0.4, 0.5) is 9.18 Å². The molecule has 0 unspecified atom stereocenters. The van der Waals surface area contributed by atoms with Gasteiger partial charge < -0.3 is 9.30 Å². The summed E-state index contributed by atoms with van der Waals surface area (Å²) in [5, 5.41) is -0.512. The fourth-order valence-electron chi connectivity index (χ4n) is 3.16. The molecule has 30 heavy (non-hydrogen) atoms. The Labute approximate surface area is 182 Å². The first-order valence-corrected chi connectivity index (χ1v) is 10.4. The molecule has 6 nitrogen and oxygen atoms in total. The topological polar surface area (TPSA) is 68.6 Å². The quantitative estimate of drug-likeness (QED) is 0.480. The molecule has 0 N–H and O–H groups in total. The molecule has 1 aliphatic heterocycles. The van der Waals surface area contributed by atoms with E-state index in [1.54, 1.807) is 26.0 Å². The Bertz CT molecular complexity index is 1080. The van der Waals surface area contributed by atoms with Gasteiger partial charge in [-0.15, -0.1) is 0 Å². The Morgan fingerprint density at radius 1 is 1.27 bits per heavy atom. The van der Waals surface area contributed by atoms with E-state index in [-0.39, 0.29) is 16.0 Å². The summed E-state index contributed by atoms with van der Waals surface area (Å²) in [5.41, 5.74) is 3.05. The maximum Gasteiger partial charge on any atom is 0.326 e. The number of amides is 2. The molecule has 2 heterocycles. The van der Waals surface area contributed by atoms with E-state index in [0.29, 0.717) is 5.69 Å². The van der Waals surface area contributed by atoms with Crippen molar-refractivity contribution < 1.29 is 23.5 Å². The van der Waals surface area contributed by atoms with E-state index < -0.39 is 29.5 Å². The van der Waals surface area contributed by atoms with Crippen molar-refractivity contribution in [3.8, 4) is 5.69 Å². The number of aromatic nitrogens is 1. The number of esters is 1. The van der Waals surface area contributed by atoms with Gasteiger partial charge in [-0.1, -0.05) is 11.6 Å². The van der Waals surface area contributed by atoms with E-state index in [2.05, 4.69) is 0 Å². The minimum Gasteiger partial charge on any atom is -0.462 e. The number of rotatable bonds is 5. The van der Waals surface area contributed by atoms with Crippen molar-refractivity contribution in [2.24, 2.45) is 0 Å². The van der Waals surface area contributed by atoms with Crippen LogP contribution in [0.5, 0.6) is 0 Å². The van der Waals surface area contributed by atoms with Crippen LogP contribution in [0.2, 0.25) is 5.02 Å². The highest BCUT2D eigenvalue weighted by Crippen LogP contribution is 2.34. The predicted octanol–water partition coefficient (Wildman–Crippen LogP) is 4.87. The monoisotopic (exact) mass is 450 g/mol. The highest BCUT2D eigenvalue weighted by atomic mass is 35.5. The number of halogens is 2. The number of carbonyl (C=O) groups is 3. The van der Waals surface area contributed by atoms with Gasteiger partial charge in [-0.05, 0) is 75.4 Å². The summed E-state index contributed by atoms with van der Waals surface area (Å²) in [6.07, 6.45) is 1.28. The number of thioether (sulfide) groups is 1. The van der Waals surface area contributed by atoms with Crippen LogP contribution < -0.4 is 0 Å². The number of hydrogen-bond acceptors (Lipinski definition) is 5. The first-order valence-electron chi connectivity index (χ1n) is 9.17. The van der Waals surface area contributed by atoms with E-state index in [1.165, 1.54) is 12.1 Å². The lowest BCUT2D eigenvalue weighted by Crippen LogP contribution is -2.35. The molecule has 0 atom stereocenters. The highest BCUT2D eigenvalue weighted by molar-refractivity contribution is 8.18. The zero-order valence-electron chi connectivity index (χ0n) is 16.9. The molecule has 3 rings (SSSR count). The largest absolute Gasteiger partial charge is 0.462 e. The summed E-state index contributed by atoms with van der Waals surface area (Å²) >= 11 is 6.68. The minimum absolute atomic E-state index is 0.0101. The van der Waals surface area contributed by atoms with Crippen LogP contribution >= 0.6 is 23.4 Å². The Balaban J connectivity index is 1.89. The van der Waals surface area contributed by atoms with Gasteiger partial charge in [0.1, 0.15) is 12.4 Å². The van der Waals surface area contributed by atoms with Crippen molar-refractivity contribution in [2.75, 3.05) is 6.54 Å². The normalized spacial score (nSPS) is 15.6. The second-order valence-electron chi connectivity index (χ2n) is 7.07. The summed E-state index contributed by atoms with van der Waals surface area (Å²) in [7, 11) is 0. The molecule has 0 saturated carbocycles. The second kappa shape index (κ2) is 8.65. The fourth-order valence-corrected chi connectivity index (χ4v) is 4.17.